The quantitative estimate of drug-likeness (QED) is 0.770. The van der Waals surface area contributed by atoms with Gasteiger partial charge in [-0.2, -0.15) is 5.10 Å². The second-order valence-corrected chi connectivity index (χ2v) is 5.21. The van der Waals surface area contributed by atoms with Crippen molar-refractivity contribution in [1.82, 2.24) is 14.3 Å². The summed E-state index contributed by atoms with van der Waals surface area (Å²) in [5.41, 5.74) is 9.51. The number of benzene rings is 1. The highest BCUT2D eigenvalue weighted by atomic mass is 15.2. The predicted octanol–water partition coefficient (Wildman–Crippen LogP) is 2.12. The molecule has 2 N–H and O–H groups in total. The molecule has 0 saturated carbocycles. The van der Waals surface area contributed by atoms with E-state index in [1.165, 1.54) is 22.0 Å². The van der Waals surface area contributed by atoms with Gasteiger partial charge in [-0.15, -0.1) is 0 Å². The molecule has 1 aromatic carbocycles. The summed E-state index contributed by atoms with van der Waals surface area (Å²) < 4.78 is 4.16. The first-order valence-electron chi connectivity index (χ1n) is 7.01. The van der Waals surface area contributed by atoms with Gasteiger partial charge in [0.25, 0.3) is 0 Å². The van der Waals surface area contributed by atoms with Crippen LogP contribution in [-0.2, 0) is 26.4 Å². The van der Waals surface area contributed by atoms with Crippen molar-refractivity contribution in [1.29, 1.82) is 0 Å². The Hall–Kier alpha value is -2.07. The van der Waals surface area contributed by atoms with E-state index in [2.05, 4.69) is 46.3 Å². The van der Waals surface area contributed by atoms with Crippen LogP contribution in [0.5, 0.6) is 0 Å². The SMILES string of the molecule is Cn1cc(CCn2ccc3ccc(CCN)cc32)cn1. The lowest BCUT2D eigenvalue weighted by molar-refractivity contribution is 0.720. The largest absolute Gasteiger partial charge is 0.347 e. The van der Waals surface area contributed by atoms with Crippen molar-refractivity contribution in [2.24, 2.45) is 12.8 Å². The molecule has 104 valence electrons. The molecule has 0 atom stereocenters. The zero-order chi connectivity index (χ0) is 13.9. The number of fused-ring (bicyclic) bond motifs is 1. The fourth-order valence-electron chi connectivity index (χ4n) is 2.60. The molecule has 4 nitrogen and oxygen atoms in total. The molecular formula is C16H20N4. The molecule has 0 amide bonds. The molecule has 3 rings (SSSR count). The number of aromatic nitrogens is 3. The van der Waals surface area contributed by atoms with E-state index in [1.807, 2.05) is 17.9 Å². The van der Waals surface area contributed by atoms with Gasteiger partial charge in [-0.25, -0.2) is 0 Å². The Balaban J connectivity index is 1.81. The Kier molecular flexibility index (Phi) is 3.56. The van der Waals surface area contributed by atoms with Crippen LogP contribution in [0.25, 0.3) is 10.9 Å². The van der Waals surface area contributed by atoms with E-state index in [9.17, 15) is 0 Å². The molecule has 20 heavy (non-hydrogen) atoms. The van der Waals surface area contributed by atoms with Gasteiger partial charge in [0.2, 0.25) is 0 Å². The van der Waals surface area contributed by atoms with Crippen LogP contribution in [0.4, 0.5) is 0 Å². The van der Waals surface area contributed by atoms with Crippen molar-refractivity contribution >= 4 is 10.9 Å². The molecule has 2 heterocycles. The minimum atomic E-state index is 0.696. The monoisotopic (exact) mass is 268 g/mol. The molecule has 0 aliphatic carbocycles. The maximum Gasteiger partial charge on any atom is 0.0522 e. The van der Waals surface area contributed by atoms with E-state index in [0.717, 1.165) is 19.4 Å². The van der Waals surface area contributed by atoms with Gasteiger partial charge in [-0.3, -0.25) is 4.68 Å². The van der Waals surface area contributed by atoms with Crippen LogP contribution in [0, 0.1) is 0 Å². The molecule has 2 aromatic heterocycles. The van der Waals surface area contributed by atoms with Crippen molar-refractivity contribution in [2.45, 2.75) is 19.4 Å². The summed E-state index contributed by atoms with van der Waals surface area (Å²) in [7, 11) is 1.95. The number of hydrogen-bond acceptors (Lipinski definition) is 2. The van der Waals surface area contributed by atoms with Gasteiger partial charge in [0.05, 0.1) is 6.20 Å². The van der Waals surface area contributed by atoms with E-state index in [4.69, 9.17) is 5.73 Å². The molecule has 0 radical (unpaired) electrons. The summed E-state index contributed by atoms with van der Waals surface area (Å²) in [6.07, 6.45) is 8.10. The average molecular weight is 268 g/mol. The van der Waals surface area contributed by atoms with Gasteiger partial charge < -0.3 is 10.3 Å². The van der Waals surface area contributed by atoms with Crippen LogP contribution in [0.15, 0.2) is 42.9 Å². The zero-order valence-corrected chi connectivity index (χ0v) is 11.8. The van der Waals surface area contributed by atoms with Gasteiger partial charge in [0.1, 0.15) is 0 Å². The van der Waals surface area contributed by atoms with Crippen LogP contribution in [0.3, 0.4) is 0 Å². The number of aryl methyl sites for hydroxylation is 3. The van der Waals surface area contributed by atoms with Gasteiger partial charge in [0, 0.05) is 31.5 Å². The lowest BCUT2D eigenvalue weighted by Gasteiger charge is -2.06. The number of hydrogen-bond donors (Lipinski definition) is 1. The van der Waals surface area contributed by atoms with E-state index < -0.39 is 0 Å². The summed E-state index contributed by atoms with van der Waals surface area (Å²) in [6.45, 7) is 1.67. The molecule has 0 fully saturated rings. The fraction of sp³-hybridized carbons (Fsp3) is 0.312. The van der Waals surface area contributed by atoms with Gasteiger partial charge in [0.15, 0.2) is 0 Å². The van der Waals surface area contributed by atoms with E-state index >= 15 is 0 Å². The smallest absolute Gasteiger partial charge is 0.0522 e. The van der Waals surface area contributed by atoms with Crippen molar-refractivity contribution in [2.75, 3.05) is 6.54 Å². The normalized spacial score (nSPS) is 11.3. The highest BCUT2D eigenvalue weighted by Crippen LogP contribution is 2.18. The lowest BCUT2D eigenvalue weighted by Crippen LogP contribution is -2.03. The molecule has 0 unspecified atom stereocenters. The Morgan fingerprint density at radius 2 is 2.05 bits per heavy atom. The van der Waals surface area contributed by atoms with Gasteiger partial charge in [-0.1, -0.05) is 12.1 Å². The van der Waals surface area contributed by atoms with Crippen LogP contribution >= 0.6 is 0 Å². The minimum Gasteiger partial charge on any atom is -0.347 e. The molecule has 0 aliphatic heterocycles. The first kappa shape index (κ1) is 12.9. The van der Waals surface area contributed by atoms with Crippen LogP contribution < -0.4 is 5.73 Å². The first-order chi connectivity index (χ1) is 9.76. The number of nitrogens with two attached hydrogens (primary N) is 1. The second-order valence-electron chi connectivity index (χ2n) is 5.21. The summed E-state index contributed by atoms with van der Waals surface area (Å²) >= 11 is 0. The molecule has 0 aliphatic rings. The molecule has 4 heteroatoms. The Morgan fingerprint density at radius 3 is 2.80 bits per heavy atom. The van der Waals surface area contributed by atoms with E-state index in [1.54, 1.807) is 0 Å². The number of nitrogens with zero attached hydrogens (tertiary/aromatic N) is 3. The van der Waals surface area contributed by atoms with Crippen LogP contribution in [-0.4, -0.2) is 20.9 Å². The molecule has 3 aromatic rings. The van der Waals surface area contributed by atoms with E-state index in [0.29, 0.717) is 6.54 Å². The molecule has 0 bridgehead atoms. The standard InChI is InChI=1S/C16H20N4/c1-19-12-14(11-18-19)5-8-20-9-6-15-3-2-13(4-7-17)10-16(15)20/h2-3,6,9-12H,4-5,7-8,17H2,1H3. The van der Waals surface area contributed by atoms with Gasteiger partial charge in [-0.05, 0) is 48.0 Å². The Bertz CT molecular complexity index is 708. The molecule has 0 saturated heterocycles. The lowest BCUT2D eigenvalue weighted by atomic mass is 10.1. The van der Waals surface area contributed by atoms with Crippen molar-refractivity contribution < 1.29 is 0 Å². The summed E-state index contributed by atoms with van der Waals surface area (Å²) in [5, 5.41) is 5.50. The van der Waals surface area contributed by atoms with Crippen molar-refractivity contribution in [3.05, 3.63) is 54.0 Å². The third kappa shape index (κ3) is 2.60. The molecule has 0 spiro atoms. The highest BCUT2D eigenvalue weighted by Gasteiger charge is 2.03. The van der Waals surface area contributed by atoms with Crippen LogP contribution in [0.2, 0.25) is 0 Å². The Morgan fingerprint density at radius 1 is 1.15 bits per heavy atom. The summed E-state index contributed by atoms with van der Waals surface area (Å²) in [4.78, 5) is 0. The maximum atomic E-state index is 5.64. The maximum absolute atomic E-state index is 5.64. The third-order valence-corrected chi connectivity index (χ3v) is 3.67. The minimum absolute atomic E-state index is 0.696. The van der Waals surface area contributed by atoms with Crippen molar-refractivity contribution in [3.63, 3.8) is 0 Å². The fourth-order valence-corrected chi connectivity index (χ4v) is 2.60. The zero-order valence-electron chi connectivity index (χ0n) is 11.8. The summed E-state index contributed by atoms with van der Waals surface area (Å²) in [6, 6.07) is 8.78. The van der Waals surface area contributed by atoms with Crippen molar-refractivity contribution in [3.8, 4) is 0 Å². The third-order valence-electron chi connectivity index (χ3n) is 3.67. The van der Waals surface area contributed by atoms with Crippen LogP contribution in [0.1, 0.15) is 11.1 Å². The Labute approximate surface area is 118 Å². The van der Waals surface area contributed by atoms with Gasteiger partial charge >= 0.3 is 0 Å². The first-order valence-corrected chi connectivity index (χ1v) is 7.01. The number of rotatable bonds is 5. The van der Waals surface area contributed by atoms with E-state index in [-0.39, 0.29) is 0 Å². The predicted molar refractivity (Wildman–Crippen MR) is 81.6 cm³/mol. The second kappa shape index (κ2) is 5.51. The molecular weight excluding hydrogens is 248 g/mol. The highest BCUT2D eigenvalue weighted by molar-refractivity contribution is 5.80. The summed E-state index contributed by atoms with van der Waals surface area (Å²) in [5.74, 6) is 0. The average Bonchev–Trinajstić information content (AvgIpc) is 3.03. The topological polar surface area (TPSA) is 48.8 Å².